The summed E-state index contributed by atoms with van der Waals surface area (Å²) >= 11 is 0. The van der Waals surface area contributed by atoms with E-state index in [1.807, 2.05) is 24.3 Å². The normalized spacial score (nSPS) is 20.1. The van der Waals surface area contributed by atoms with Gasteiger partial charge in [0.2, 0.25) is 5.91 Å². The van der Waals surface area contributed by atoms with Crippen LogP contribution in [-0.2, 0) is 28.2 Å². The number of anilines is 3. The van der Waals surface area contributed by atoms with Gasteiger partial charge < -0.3 is 31.1 Å². The molecule has 2 aliphatic rings. The van der Waals surface area contributed by atoms with Crippen molar-refractivity contribution in [1.29, 1.82) is 0 Å². The van der Waals surface area contributed by atoms with Crippen molar-refractivity contribution in [3.63, 3.8) is 0 Å². The molecule has 9 nitrogen and oxygen atoms in total. The lowest BCUT2D eigenvalue weighted by atomic mass is 9.82. The van der Waals surface area contributed by atoms with Gasteiger partial charge in [0.15, 0.2) is 5.60 Å². The maximum atomic E-state index is 13.6. The highest BCUT2D eigenvalue weighted by atomic mass is 16.3. The summed E-state index contributed by atoms with van der Waals surface area (Å²) in [4.78, 5) is 42.8. The summed E-state index contributed by atoms with van der Waals surface area (Å²) in [6.07, 6.45) is 5.55. The van der Waals surface area contributed by atoms with Gasteiger partial charge in [0.05, 0.1) is 18.3 Å². The number of amides is 3. The molecule has 0 radical (unpaired) electrons. The van der Waals surface area contributed by atoms with E-state index >= 15 is 0 Å². The molecule has 0 saturated heterocycles. The lowest BCUT2D eigenvalue weighted by molar-refractivity contribution is -0.139. The fourth-order valence-electron chi connectivity index (χ4n) is 5.84. The molecule has 0 bridgehead atoms. The summed E-state index contributed by atoms with van der Waals surface area (Å²) < 4.78 is 0. The van der Waals surface area contributed by atoms with E-state index in [1.165, 1.54) is 4.90 Å². The van der Waals surface area contributed by atoms with E-state index in [9.17, 15) is 24.6 Å². The molecule has 9 heteroatoms. The monoisotopic (exact) mass is 580 g/mol. The summed E-state index contributed by atoms with van der Waals surface area (Å²) in [5, 5.41) is 24.7. The smallest absolute Gasteiger partial charge is 0.264 e. The topological polar surface area (TPSA) is 136 Å². The van der Waals surface area contributed by atoms with E-state index in [0.29, 0.717) is 41.2 Å². The predicted molar refractivity (Wildman–Crippen MR) is 166 cm³/mol. The van der Waals surface area contributed by atoms with Crippen molar-refractivity contribution in [2.75, 3.05) is 29.1 Å². The van der Waals surface area contributed by atoms with Gasteiger partial charge in [-0.2, -0.15) is 0 Å². The molecule has 3 aromatic rings. The lowest BCUT2D eigenvalue weighted by Gasteiger charge is -2.36. The molecule has 5 N–H and O–H groups in total. The Morgan fingerprint density at radius 2 is 1.86 bits per heavy atom. The van der Waals surface area contributed by atoms with Crippen LogP contribution in [0.1, 0.15) is 40.4 Å². The van der Waals surface area contributed by atoms with Gasteiger partial charge in [-0.3, -0.25) is 14.4 Å². The summed E-state index contributed by atoms with van der Waals surface area (Å²) in [6, 6.07) is 19.1. The van der Waals surface area contributed by atoms with Gasteiger partial charge in [-0.25, -0.2) is 0 Å². The van der Waals surface area contributed by atoms with Crippen LogP contribution in [0.3, 0.4) is 0 Å². The molecular weight excluding hydrogens is 544 g/mol. The molecule has 2 aliphatic heterocycles. The van der Waals surface area contributed by atoms with Gasteiger partial charge in [0.1, 0.15) is 0 Å². The standard InChI is InChI=1S/C34H36N4O5/c1-3-17-37-30-16-15-27(36-32(41)23-11-13-26(35)14-12-23)19-29(30)34(43,33(37)42)22(2)7-6-10-31(40)38-20-25-9-5-4-8-24(25)18-28(38)21-39/h3-9,11-16,19,22,28,39,43H,1,10,17-18,20-21,35H2,2H3,(H,36,41)/b7-6+/t22-,28+,34+/m1/s1. The molecule has 43 heavy (non-hydrogen) atoms. The Morgan fingerprint density at radius 3 is 2.56 bits per heavy atom. The lowest BCUT2D eigenvalue weighted by Crippen LogP contribution is -2.46. The first-order valence-corrected chi connectivity index (χ1v) is 14.3. The largest absolute Gasteiger partial charge is 0.399 e. The number of benzene rings is 3. The van der Waals surface area contributed by atoms with Crippen LogP contribution in [-0.4, -0.2) is 52.0 Å². The van der Waals surface area contributed by atoms with Crippen LogP contribution in [0.25, 0.3) is 0 Å². The Morgan fingerprint density at radius 1 is 1.14 bits per heavy atom. The third kappa shape index (κ3) is 5.69. The number of rotatable bonds is 9. The van der Waals surface area contributed by atoms with E-state index in [-0.39, 0.29) is 37.4 Å². The van der Waals surface area contributed by atoms with Crippen LogP contribution < -0.4 is 16.0 Å². The van der Waals surface area contributed by atoms with Crippen LogP contribution in [0.2, 0.25) is 0 Å². The quantitative estimate of drug-likeness (QED) is 0.225. The van der Waals surface area contributed by atoms with Crippen LogP contribution in [0.4, 0.5) is 17.1 Å². The summed E-state index contributed by atoms with van der Waals surface area (Å²) in [7, 11) is 0. The zero-order valence-electron chi connectivity index (χ0n) is 24.1. The number of carbonyl (C=O) groups is 3. The molecule has 0 fully saturated rings. The Labute approximate surface area is 250 Å². The number of aliphatic hydroxyl groups is 2. The minimum atomic E-state index is -1.93. The third-order valence-electron chi connectivity index (χ3n) is 8.27. The Kier molecular flexibility index (Phi) is 8.47. The van der Waals surface area contributed by atoms with Crippen molar-refractivity contribution in [3.05, 3.63) is 114 Å². The fraction of sp³-hybridized carbons (Fsp3) is 0.265. The van der Waals surface area contributed by atoms with Crippen LogP contribution in [0.15, 0.2) is 91.5 Å². The van der Waals surface area contributed by atoms with Crippen LogP contribution in [0.5, 0.6) is 0 Å². The first-order valence-electron chi connectivity index (χ1n) is 14.3. The molecule has 0 unspecified atom stereocenters. The zero-order valence-corrected chi connectivity index (χ0v) is 24.1. The predicted octanol–water partition coefficient (Wildman–Crippen LogP) is 3.77. The minimum Gasteiger partial charge on any atom is -0.399 e. The van der Waals surface area contributed by atoms with Crippen molar-refractivity contribution in [2.45, 2.75) is 38.0 Å². The highest BCUT2D eigenvalue weighted by Crippen LogP contribution is 2.46. The zero-order chi connectivity index (χ0) is 30.7. The Bertz CT molecular complexity index is 1580. The van der Waals surface area contributed by atoms with Gasteiger partial charge in [-0.05, 0) is 60.0 Å². The average molecular weight is 581 g/mol. The van der Waals surface area contributed by atoms with E-state index in [0.717, 1.165) is 11.1 Å². The number of nitrogens with two attached hydrogens (primary N) is 1. The molecule has 0 aromatic heterocycles. The van der Waals surface area contributed by atoms with Crippen molar-refractivity contribution in [1.82, 2.24) is 4.90 Å². The number of aliphatic hydroxyl groups excluding tert-OH is 1. The molecular formula is C34H36N4O5. The van der Waals surface area contributed by atoms with Crippen molar-refractivity contribution in [2.24, 2.45) is 5.92 Å². The molecule has 0 spiro atoms. The van der Waals surface area contributed by atoms with E-state index in [2.05, 4.69) is 11.9 Å². The first kappa shape index (κ1) is 29.8. The van der Waals surface area contributed by atoms with E-state index in [1.54, 1.807) is 72.5 Å². The second-order valence-corrected chi connectivity index (χ2v) is 11.0. The molecule has 2 heterocycles. The van der Waals surface area contributed by atoms with Crippen molar-refractivity contribution in [3.8, 4) is 0 Å². The fourth-order valence-corrected chi connectivity index (χ4v) is 5.84. The first-order chi connectivity index (χ1) is 20.7. The number of carbonyl (C=O) groups excluding carboxylic acids is 3. The molecule has 5 rings (SSSR count). The number of nitrogen functional groups attached to an aromatic ring is 1. The maximum absolute atomic E-state index is 13.6. The number of hydrogen-bond donors (Lipinski definition) is 4. The molecule has 222 valence electrons. The van der Waals surface area contributed by atoms with Gasteiger partial charge in [0.25, 0.3) is 11.8 Å². The minimum absolute atomic E-state index is 0.0498. The molecule has 3 aromatic carbocycles. The van der Waals surface area contributed by atoms with Gasteiger partial charge >= 0.3 is 0 Å². The molecule has 0 aliphatic carbocycles. The second kappa shape index (κ2) is 12.2. The molecule has 0 saturated carbocycles. The summed E-state index contributed by atoms with van der Waals surface area (Å²) in [5.74, 6) is -1.73. The number of fused-ring (bicyclic) bond motifs is 2. The Hall–Kier alpha value is -4.73. The highest BCUT2D eigenvalue weighted by molar-refractivity contribution is 6.09. The van der Waals surface area contributed by atoms with Crippen molar-refractivity contribution < 1.29 is 24.6 Å². The molecule has 3 amide bonds. The van der Waals surface area contributed by atoms with E-state index in [4.69, 9.17) is 5.73 Å². The van der Waals surface area contributed by atoms with Crippen molar-refractivity contribution >= 4 is 34.8 Å². The average Bonchev–Trinajstić information content (AvgIpc) is 3.22. The Balaban J connectivity index is 1.35. The maximum Gasteiger partial charge on any atom is 0.264 e. The summed E-state index contributed by atoms with van der Waals surface area (Å²) in [6.45, 7) is 5.94. The number of nitrogens with one attached hydrogen (secondary N) is 1. The van der Waals surface area contributed by atoms with Gasteiger partial charge in [-0.15, -0.1) is 6.58 Å². The number of hydrogen-bond acceptors (Lipinski definition) is 6. The number of nitrogens with zero attached hydrogens (tertiary/aromatic N) is 2. The highest BCUT2D eigenvalue weighted by Gasteiger charge is 2.52. The van der Waals surface area contributed by atoms with Crippen LogP contribution in [0, 0.1) is 5.92 Å². The SMILES string of the molecule is C=CCN1C(=O)[C@](O)([C@H](C)/C=C/CC(=O)N2Cc3ccccc3C[C@H]2CO)c2cc(NC(=O)c3ccc(N)cc3)ccc21. The second-order valence-electron chi connectivity index (χ2n) is 11.0. The molecule has 3 atom stereocenters. The van der Waals surface area contributed by atoms with E-state index < -0.39 is 17.4 Å². The van der Waals surface area contributed by atoms with Gasteiger partial charge in [-0.1, -0.05) is 49.4 Å². The van der Waals surface area contributed by atoms with Crippen LogP contribution >= 0.6 is 0 Å². The third-order valence-corrected chi connectivity index (χ3v) is 8.27. The van der Waals surface area contributed by atoms with Gasteiger partial charge in [0, 0.05) is 47.9 Å². The summed E-state index contributed by atoms with van der Waals surface area (Å²) in [5.41, 5.74) is 8.22.